The molecule has 0 N–H and O–H groups in total. The van der Waals surface area contributed by atoms with Crippen molar-refractivity contribution in [3.63, 3.8) is 0 Å². The van der Waals surface area contributed by atoms with Gasteiger partial charge in [0.1, 0.15) is 0 Å². The fourth-order valence-corrected chi connectivity index (χ4v) is 9.28. The van der Waals surface area contributed by atoms with Gasteiger partial charge in [-0.2, -0.15) is 0 Å². The highest BCUT2D eigenvalue weighted by atomic mass is 15.2. The van der Waals surface area contributed by atoms with Gasteiger partial charge in [0, 0.05) is 45.0 Å². The Hall–Kier alpha value is -6.64. The largest absolute Gasteiger partial charge is 0.329 e. The maximum Gasteiger partial charge on any atom is 0.0857 e. The van der Waals surface area contributed by atoms with Crippen LogP contribution in [0.4, 0.5) is 22.7 Å². The summed E-state index contributed by atoms with van der Waals surface area (Å²) in [6.45, 7) is 0. The predicted octanol–water partition coefficient (Wildman–Crippen LogP) is 13.2. The lowest BCUT2D eigenvalue weighted by molar-refractivity contribution is 0.802. The summed E-state index contributed by atoms with van der Waals surface area (Å²) in [5.74, 6) is 0. The van der Waals surface area contributed by atoms with Crippen LogP contribution in [0.25, 0.3) is 44.5 Å². The van der Waals surface area contributed by atoms with E-state index in [9.17, 15) is 0 Å². The fourth-order valence-electron chi connectivity index (χ4n) is 9.28. The smallest absolute Gasteiger partial charge is 0.0857 e. The van der Waals surface area contributed by atoms with Crippen molar-refractivity contribution >= 4 is 22.7 Å². The number of para-hydroxylation sites is 4. The van der Waals surface area contributed by atoms with Crippen LogP contribution in [0, 0.1) is 0 Å². The van der Waals surface area contributed by atoms with Crippen LogP contribution in [0.5, 0.6) is 0 Å². The van der Waals surface area contributed by atoms with Crippen molar-refractivity contribution in [2.45, 2.75) is 12.1 Å². The summed E-state index contributed by atoms with van der Waals surface area (Å²) >= 11 is 0. The van der Waals surface area contributed by atoms with Crippen LogP contribution in [0.1, 0.15) is 34.3 Å². The van der Waals surface area contributed by atoms with E-state index in [-0.39, 0.29) is 12.1 Å². The minimum Gasteiger partial charge on any atom is -0.329 e. The monoisotopic (exact) mass is 662 g/mol. The molecule has 0 bridgehead atoms. The van der Waals surface area contributed by atoms with Gasteiger partial charge in [-0.1, -0.05) is 170 Å². The van der Waals surface area contributed by atoms with Gasteiger partial charge < -0.3 is 9.80 Å². The zero-order valence-electron chi connectivity index (χ0n) is 28.5. The maximum absolute atomic E-state index is 2.52. The number of benzene rings is 8. The first-order valence-electron chi connectivity index (χ1n) is 18.2. The van der Waals surface area contributed by atoms with E-state index in [0.717, 1.165) is 0 Å². The Balaban J connectivity index is 0.000000123. The standard InChI is InChI=1S/2C25H17N/c2*1-3-13-21-17(9-1)19-11-5-7-15-23(19)26-24-16-8-6-12-20(24)18-10-2-4-14-22(18)25(21)26/h2*1-16,25H. The number of hydrogen-bond acceptors (Lipinski definition) is 2. The van der Waals surface area contributed by atoms with Crippen LogP contribution in [0.15, 0.2) is 194 Å². The topological polar surface area (TPSA) is 6.48 Å². The molecule has 0 aliphatic carbocycles. The van der Waals surface area contributed by atoms with Gasteiger partial charge in [-0.15, -0.1) is 0 Å². The van der Waals surface area contributed by atoms with E-state index >= 15 is 0 Å². The molecule has 8 aromatic rings. The first-order valence-corrected chi connectivity index (χ1v) is 18.2. The van der Waals surface area contributed by atoms with Crippen molar-refractivity contribution in [1.29, 1.82) is 0 Å². The summed E-state index contributed by atoms with van der Waals surface area (Å²) in [6.07, 6.45) is 0. The molecule has 4 aliphatic rings. The van der Waals surface area contributed by atoms with Crippen molar-refractivity contribution in [2.75, 3.05) is 9.80 Å². The molecule has 52 heavy (non-hydrogen) atoms. The van der Waals surface area contributed by atoms with E-state index in [1.54, 1.807) is 0 Å². The van der Waals surface area contributed by atoms with Crippen LogP contribution < -0.4 is 9.80 Å². The van der Waals surface area contributed by atoms with Gasteiger partial charge in [0.2, 0.25) is 0 Å². The van der Waals surface area contributed by atoms with Gasteiger partial charge in [-0.05, 0) is 68.8 Å². The summed E-state index contributed by atoms with van der Waals surface area (Å²) in [7, 11) is 0. The Morgan fingerprint density at radius 2 is 0.404 bits per heavy atom. The van der Waals surface area contributed by atoms with E-state index < -0.39 is 0 Å². The maximum atomic E-state index is 2.52. The average molecular weight is 663 g/mol. The molecule has 0 aromatic heterocycles. The molecule has 0 saturated heterocycles. The summed E-state index contributed by atoms with van der Waals surface area (Å²) in [5.41, 5.74) is 21.3. The SMILES string of the molecule is c1ccc2c(c1)-c1ccccc1N1c3ccccc3-c3ccccc3C21.c1ccc2c(c1)-c1ccccc1N1c3ccccc3-c3ccccc3C21. The second-order valence-corrected chi connectivity index (χ2v) is 14.0. The molecule has 0 radical (unpaired) electrons. The van der Waals surface area contributed by atoms with Gasteiger partial charge in [-0.25, -0.2) is 0 Å². The quantitative estimate of drug-likeness (QED) is 0.159. The number of nitrogens with zero attached hydrogens (tertiary/aromatic N) is 2. The van der Waals surface area contributed by atoms with Crippen molar-refractivity contribution in [3.8, 4) is 44.5 Å². The minimum atomic E-state index is 0.215. The normalized spacial score (nSPS) is 13.9. The van der Waals surface area contributed by atoms with Crippen LogP contribution in [-0.4, -0.2) is 0 Å². The van der Waals surface area contributed by atoms with E-state index in [4.69, 9.17) is 0 Å². The van der Waals surface area contributed by atoms with Gasteiger partial charge in [-0.3, -0.25) is 0 Å². The Morgan fingerprint density at radius 1 is 0.212 bits per heavy atom. The van der Waals surface area contributed by atoms with Crippen molar-refractivity contribution in [1.82, 2.24) is 0 Å². The zero-order chi connectivity index (χ0) is 34.2. The minimum absolute atomic E-state index is 0.215. The second kappa shape index (κ2) is 11.4. The highest BCUT2D eigenvalue weighted by Gasteiger charge is 2.39. The van der Waals surface area contributed by atoms with Gasteiger partial charge in [0.05, 0.1) is 12.1 Å². The molecule has 0 saturated carbocycles. The van der Waals surface area contributed by atoms with E-state index in [1.807, 2.05) is 0 Å². The Morgan fingerprint density at radius 3 is 0.654 bits per heavy atom. The Kier molecular flexibility index (Phi) is 6.41. The molecule has 244 valence electrons. The van der Waals surface area contributed by atoms with Crippen molar-refractivity contribution < 1.29 is 0 Å². The third-order valence-corrected chi connectivity index (χ3v) is 11.4. The molecule has 0 spiro atoms. The molecule has 4 aliphatic heterocycles. The molecular formula is C50H34N2. The lowest BCUT2D eigenvalue weighted by atomic mass is 9.79. The van der Waals surface area contributed by atoms with E-state index in [0.29, 0.717) is 0 Å². The Bertz CT molecular complexity index is 2130. The number of anilines is 4. The van der Waals surface area contributed by atoms with Gasteiger partial charge >= 0.3 is 0 Å². The number of rotatable bonds is 0. The molecule has 2 heteroatoms. The fraction of sp³-hybridized carbons (Fsp3) is 0.0400. The molecule has 0 amide bonds. The number of hydrogen-bond donors (Lipinski definition) is 0. The second-order valence-electron chi connectivity index (χ2n) is 14.0. The van der Waals surface area contributed by atoms with Crippen molar-refractivity contribution in [2.24, 2.45) is 0 Å². The molecule has 2 nitrogen and oxygen atoms in total. The van der Waals surface area contributed by atoms with Gasteiger partial charge in [0.25, 0.3) is 0 Å². The molecule has 0 unspecified atom stereocenters. The zero-order valence-corrected chi connectivity index (χ0v) is 28.5. The molecule has 0 fully saturated rings. The summed E-state index contributed by atoms with van der Waals surface area (Å²) in [4.78, 5) is 5.05. The van der Waals surface area contributed by atoms with Crippen LogP contribution in [0.2, 0.25) is 0 Å². The van der Waals surface area contributed by atoms with Crippen LogP contribution in [0.3, 0.4) is 0 Å². The highest BCUT2D eigenvalue weighted by molar-refractivity contribution is 5.98. The predicted molar refractivity (Wildman–Crippen MR) is 215 cm³/mol. The molecule has 4 heterocycles. The van der Waals surface area contributed by atoms with Crippen molar-refractivity contribution in [3.05, 3.63) is 216 Å². The lowest BCUT2D eigenvalue weighted by Gasteiger charge is -2.45. The molecule has 12 rings (SSSR count). The van der Waals surface area contributed by atoms with Gasteiger partial charge in [0.15, 0.2) is 0 Å². The first kappa shape index (κ1) is 29.1. The Labute approximate surface area is 304 Å². The summed E-state index contributed by atoms with van der Waals surface area (Å²) < 4.78 is 0. The van der Waals surface area contributed by atoms with E-state index in [2.05, 4.69) is 204 Å². The average Bonchev–Trinajstić information content (AvgIpc) is 3.23. The summed E-state index contributed by atoms with van der Waals surface area (Å²) in [6, 6.07) is 71.0. The third-order valence-electron chi connectivity index (χ3n) is 11.4. The highest BCUT2D eigenvalue weighted by Crippen LogP contribution is 2.58. The molecule has 8 aromatic carbocycles. The summed E-state index contributed by atoms with van der Waals surface area (Å²) in [5, 5.41) is 0. The van der Waals surface area contributed by atoms with E-state index in [1.165, 1.54) is 89.5 Å². The lowest BCUT2D eigenvalue weighted by Crippen LogP contribution is -2.32. The third kappa shape index (κ3) is 4.12. The van der Waals surface area contributed by atoms with Crippen LogP contribution >= 0.6 is 0 Å². The molecule has 0 atom stereocenters. The van der Waals surface area contributed by atoms with Crippen LogP contribution in [-0.2, 0) is 0 Å². The first-order chi connectivity index (χ1) is 25.9. The number of fused-ring (bicyclic) bond motifs is 22. The molecular weight excluding hydrogens is 629 g/mol.